The van der Waals surface area contributed by atoms with Crippen LogP contribution in [0.15, 0.2) is 34.0 Å². The number of imidazole rings is 1. The first-order chi connectivity index (χ1) is 8.36. The number of nitrogens with one attached hydrogen (secondary N) is 1. The summed E-state index contributed by atoms with van der Waals surface area (Å²) in [5, 5.41) is 7.06. The van der Waals surface area contributed by atoms with Crippen molar-refractivity contribution < 1.29 is 4.52 Å². The highest BCUT2D eigenvalue weighted by atomic mass is 16.5. The third-order valence-electron chi connectivity index (χ3n) is 3.18. The zero-order valence-electron chi connectivity index (χ0n) is 9.37. The second-order valence-corrected chi connectivity index (χ2v) is 4.20. The number of hydrogen-bond donors (Lipinski definition) is 1. The van der Waals surface area contributed by atoms with Gasteiger partial charge in [0.2, 0.25) is 0 Å². The van der Waals surface area contributed by atoms with E-state index in [1.807, 2.05) is 6.20 Å². The van der Waals surface area contributed by atoms with E-state index in [0.29, 0.717) is 5.82 Å². The molecule has 1 aliphatic heterocycles. The van der Waals surface area contributed by atoms with Crippen LogP contribution in [0, 0.1) is 0 Å². The van der Waals surface area contributed by atoms with Crippen molar-refractivity contribution in [1.82, 2.24) is 19.6 Å². The molecule has 0 unspecified atom stereocenters. The molecule has 3 rings (SSSR count). The SMILES string of the molecule is O=c1n(-c2ccon2)ccn1C1CCNCC1. The van der Waals surface area contributed by atoms with Crippen LogP contribution < -0.4 is 11.0 Å². The zero-order chi connectivity index (χ0) is 11.7. The Balaban J connectivity index is 1.95. The van der Waals surface area contributed by atoms with E-state index < -0.39 is 0 Å². The van der Waals surface area contributed by atoms with E-state index in [1.165, 1.54) is 10.8 Å². The van der Waals surface area contributed by atoms with E-state index in [9.17, 15) is 4.79 Å². The first-order valence-electron chi connectivity index (χ1n) is 5.77. The molecule has 0 aromatic carbocycles. The molecule has 0 bridgehead atoms. The van der Waals surface area contributed by atoms with Crippen LogP contribution in [-0.4, -0.2) is 27.4 Å². The third-order valence-corrected chi connectivity index (χ3v) is 3.18. The van der Waals surface area contributed by atoms with E-state index in [1.54, 1.807) is 16.8 Å². The van der Waals surface area contributed by atoms with Gasteiger partial charge in [0, 0.05) is 24.5 Å². The molecule has 90 valence electrons. The standard InChI is InChI=1S/C11H14N4O2/c16-11-14(9-1-4-12-5-2-9)6-7-15(11)10-3-8-17-13-10/h3,6-9,12H,1-2,4-5H2. The molecule has 17 heavy (non-hydrogen) atoms. The number of hydrogen-bond acceptors (Lipinski definition) is 4. The van der Waals surface area contributed by atoms with Gasteiger partial charge < -0.3 is 9.84 Å². The van der Waals surface area contributed by atoms with Crippen LogP contribution in [0.25, 0.3) is 5.82 Å². The van der Waals surface area contributed by atoms with Gasteiger partial charge >= 0.3 is 5.69 Å². The molecule has 0 amide bonds. The van der Waals surface area contributed by atoms with Crippen molar-refractivity contribution >= 4 is 0 Å². The summed E-state index contributed by atoms with van der Waals surface area (Å²) in [7, 11) is 0. The van der Waals surface area contributed by atoms with Gasteiger partial charge in [0.25, 0.3) is 0 Å². The lowest BCUT2D eigenvalue weighted by molar-refractivity contribution is 0.359. The summed E-state index contributed by atoms with van der Waals surface area (Å²) >= 11 is 0. The maximum Gasteiger partial charge on any atom is 0.334 e. The van der Waals surface area contributed by atoms with Gasteiger partial charge in [-0.2, -0.15) is 0 Å². The minimum Gasteiger partial charge on any atom is -0.363 e. The van der Waals surface area contributed by atoms with Gasteiger partial charge in [-0.15, -0.1) is 0 Å². The maximum absolute atomic E-state index is 12.2. The van der Waals surface area contributed by atoms with E-state index >= 15 is 0 Å². The second-order valence-electron chi connectivity index (χ2n) is 4.20. The largest absolute Gasteiger partial charge is 0.363 e. The van der Waals surface area contributed by atoms with E-state index in [2.05, 4.69) is 10.5 Å². The molecule has 0 aliphatic carbocycles. The van der Waals surface area contributed by atoms with Gasteiger partial charge in [0.05, 0.1) is 0 Å². The predicted octanol–water partition coefficient (Wildman–Crippen LogP) is 0.552. The smallest absolute Gasteiger partial charge is 0.334 e. The Morgan fingerprint density at radius 2 is 2.18 bits per heavy atom. The van der Waals surface area contributed by atoms with Gasteiger partial charge in [0.1, 0.15) is 6.26 Å². The van der Waals surface area contributed by atoms with Crippen LogP contribution in [0.3, 0.4) is 0 Å². The topological polar surface area (TPSA) is 65.0 Å². The van der Waals surface area contributed by atoms with Crippen molar-refractivity contribution in [2.45, 2.75) is 18.9 Å². The van der Waals surface area contributed by atoms with Crippen LogP contribution in [-0.2, 0) is 0 Å². The zero-order valence-corrected chi connectivity index (χ0v) is 9.37. The summed E-state index contributed by atoms with van der Waals surface area (Å²) in [6.07, 6.45) is 7.00. The van der Waals surface area contributed by atoms with Crippen molar-refractivity contribution in [2.24, 2.45) is 0 Å². The van der Waals surface area contributed by atoms with Gasteiger partial charge in [-0.1, -0.05) is 5.16 Å². The molecule has 6 heteroatoms. The highest BCUT2D eigenvalue weighted by molar-refractivity contribution is 5.17. The molecule has 0 atom stereocenters. The van der Waals surface area contributed by atoms with Crippen molar-refractivity contribution in [3.63, 3.8) is 0 Å². The third kappa shape index (κ3) is 1.80. The van der Waals surface area contributed by atoms with Crippen molar-refractivity contribution in [2.75, 3.05) is 13.1 Å². The summed E-state index contributed by atoms with van der Waals surface area (Å²) < 4.78 is 8.04. The summed E-state index contributed by atoms with van der Waals surface area (Å²) in [4.78, 5) is 12.2. The fourth-order valence-corrected chi connectivity index (χ4v) is 2.26. The lowest BCUT2D eigenvalue weighted by Gasteiger charge is -2.22. The van der Waals surface area contributed by atoms with Gasteiger partial charge in [-0.3, -0.25) is 4.57 Å². The van der Waals surface area contributed by atoms with Crippen molar-refractivity contribution in [3.8, 4) is 5.82 Å². The number of nitrogens with zero attached hydrogens (tertiary/aromatic N) is 3. The fourth-order valence-electron chi connectivity index (χ4n) is 2.26. The minimum atomic E-state index is -0.0502. The molecule has 2 aromatic heterocycles. The van der Waals surface area contributed by atoms with Crippen molar-refractivity contribution in [1.29, 1.82) is 0 Å². The Bertz CT molecular complexity index is 534. The van der Waals surface area contributed by atoms with Gasteiger partial charge in [-0.25, -0.2) is 9.36 Å². The number of piperidine rings is 1. The monoisotopic (exact) mass is 234 g/mol. The molecule has 3 heterocycles. The quantitative estimate of drug-likeness (QED) is 0.824. The molecule has 1 fully saturated rings. The Morgan fingerprint density at radius 3 is 2.88 bits per heavy atom. The van der Waals surface area contributed by atoms with Crippen LogP contribution >= 0.6 is 0 Å². The summed E-state index contributed by atoms with van der Waals surface area (Å²) in [6.45, 7) is 1.93. The number of rotatable bonds is 2. The summed E-state index contributed by atoms with van der Waals surface area (Å²) in [6, 6.07) is 1.96. The normalized spacial score (nSPS) is 17.4. The first-order valence-corrected chi connectivity index (χ1v) is 5.77. The Hall–Kier alpha value is -1.82. The molecule has 0 radical (unpaired) electrons. The Morgan fingerprint density at radius 1 is 1.35 bits per heavy atom. The molecule has 0 saturated carbocycles. The Kier molecular flexibility index (Phi) is 2.56. The van der Waals surface area contributed by atoms with Crippen LogP contribution in [0.4, 0.5) is 0 Å². The molecule has 6 nitrogen and oxygen atoms in total. The van der Waals surface area contributed by atoms with Crippen molar-refractivity contribution in [3.05, 3.63) is 35.2 Å². The first kappa shape index (κ1) is 10.3. The molecule has 1 aliphatic rings. The van der Waals surface area contributed by atoms with E-state index in [-0.39, 0.29) is 11.7 Å². The predicted molar refractivity (Wildman–Crippen MR) is 61.2 cm³/mol. The molecule has 0 spiro atoms. The number of aromatic nitrogens is 3. The summed E-state index contributed by atoms with van der Waals surface area (Å²) in [5.41, 5.74) is -0.0502. The lowest BCUT2D eigenvalue weighted by Crippen LogP contribution is -2.34. The molecule has 1 saturated heterocycles. The molecule has 2 aromatic rings. The summed E-state index contributed by atoms with van der Waals surface area (Å²) in [5.74, 6) is 0.530. The average molecular weight is 234 g/mol. The highest BCUT2D eigenvalue weighted by Crippen LogP contribution is 2.16. The van der Waals surface area contributed by atoms with E-state index in [4.69, 9.17) is 4.52 Å². The highest BCUT2D eigenvalue weighted by Gasteiger charge is 2.18. The van der Waals surface area contributed by atoms with Gasteiger partial charge in [0.15, 0.2) is 5.82 Å². The molecular weight excluding hydrogens is 220 g/mol. The maximum atomic E-state index is 12.2. The fraction of sp³-hybridized carbons (Fsp3) is 0.455. The average Bonchev–Trinajstić information content (AvgIpc) is 2.99. The molecular formula is C11H14N4O2. The molecule has 1 N–H and O–H groups in total. The Labute approximate surface area is 97.8 Å². The van der Waals surface area contributed by atoms with Gasteiger partial charge in [-0.05, 0) is 25.9 Å². The van der Waals surface area contributed by atoms with Crippen LogP contribution in [0.1, 0.15) is 18.9 Å². The second kappa shape index (κ2) is 4.21. The van der Waals surface area contributed by atoms with E-state index in [0.717, 1.165) is 25.9 Å². The van der Waals surface area contributed by atoms with Crippen LogP contribution in [0.5, 0.6) is 0 Å². The van der Waals surface area contributed by atoms with Crippen LogP contribution in [0.2, 0.25) is 0 Å². The lowest BCUT2D eigenvalue weighted by atomic mass is 10.1. The minimum absolute atomic E-state index is 0.0502.